The van der Waals surface area contributed by atoms with E-state index in [2.05, 4.69) is 10.4 Å². The highest BCUT2D eigenvalue weighted by atomic mass is 16.5. The number of rotatable bonds is 8. The molecule has 3 rings (SSSR count). The maximum atomic E-state index is 12.3. The predicted octanol–water partition coefficient (Wildman–Crippen LogP) is 1.76. The summed E-state index contributed by atoms with van der Waals surface area (Å²) in [7, 11) is 1.83. The molecule has 1 aliphatic rings. The van der Waals surface area contributed by atoms with E-state index in [0.29, 0.717) is 18.7 Å². The van der Waals surface area contributed by atoms with Crippen molar-refractivity contribution in [2.75, 3.05) is 19.8 Å². The zero-order valence-corrected chi connectivity index (χ0v) is 12.9. The van der Waals surface area contributed by atoms with Crippen LogP contribution in [0, 0.1) is 5.92 Å². The van der Waals surface area contributed by atoms with Gasteiger partial charge in [-0.05, 0) is 37.3 Å². The van der Waals surface area contributed by atoms with Gasteiger partial charge in [0.15, 0.2) is 0 Å². The molecule has 1 fully saturated rings. The topological polar surface area (TPSA) is 61.1 Å². The van der Waals surface area contributed by atoms with Gasteiger partial charge in [-0.2, -0.15) is 5.10 Å². The summed E-state index contributed by atoms with van der Waals surface area (Å²) in [4.78, 5) is 12.3. The number of hydrogen-bond acceptors (Lipinski definition) is 3. The third-order valence-electron chi connectivity index (χ3n) is 3.80. The Morgan fingerprint density at radius 2 is 2.18 bits per heavy atom. The van der Waals surface area contributed by atoms with Gasteiger partial charge in [0, 0.05) is 39.2 Å². The largest absolute Gasteiger partial charge is 0.381 e. The van der Waals surface area contributed by atoms with Crippen LogP contribution >= 0.6 is 0 Å². The summed E-state index contributed by atoms with van der Waals surface area (Å²) < 4.78 is 9.15. The molecule has 1 amide bonds. The molecule has 2 aromatic rings. The molecule has 2 aromatic heterocycles. The second-order valence-corrected chi connectivity index (χ2v) is 5.72. The van der Waals surface area contributed by atoms with Crippen molar-refractivity contribution in [3.8, 4) is 5.82 Å². The Kier molecular flexibility index (Phi) is 4.58. The van der Waals surface area contributed by atoms with Gasteiger partial charge in [-0.3, -0.25) is 9.48 Å². The summed E-state index contributed by atoms with van der Waals surface area (Å²) >= 11 is 0. The van der Waals surface area contributed by atoms with Crippen molar-refractivity contribution in [2.45, 2.75) is 19.3 Å². The Bertz CT molecular complexity index is 614. The van der Waals surface area contributed by atoms with Crippen molar-refractivity contribution in [3.63, 3.8) is 0 Å². The smallest absolute Gasteiger partial charge is 0.256 e. The van der Waals surface area contributed by atoms with Gasteiger partial charge in [-0.1, -0.05) is 0 Å². The van der Waals surface area contributed by atoms with Crippen molar-refractivity contribution in [1.82, 2.24) is 19.7 Å². The molecule has 0 aliphatic heterocycles. The molecule has 22 heavy (non-hydrogen) atoms. The molecule has 6 nitrogen and oxygen atoms in total. The molecule has 2 heterocycles. The first kappa shape index (κ1) is 14.8. The molecule has 6 heteroatoms. The number of hydrogen-bond donors (Lipinski definition) is 1. The van der Waals surface area contributed by atoms with Gasteiger partial charge < -0.3 is 14.6 Å². The number of carbonyl (C=O) groups is 1. The second kappa shape index (κ2) is 6.79. The zero-order chi connectivity index (χ0) is 15.4. The van der Waals surface area contributed by atoms with Crippen LogP contribution in [-0.4, -0.2) is 40.0 Å². The number of ether oxygens (including phenoxy) is 1. The van der Waals surface area contributed by atoms with Gasteiger partial charge in [0.1, 0.15) is 11.4 Å². The summed E-state index contributed by atoms with van der Waals surface area (Å²) in [6.45, 7) is 2.19. The minimum atomic E-state index is -0.0982. The Hall–Kier alpha value is -2.08. The van der Waals surface area contributed by atoms with Gasteiger partial charge in [0.25, 0.3) is 5.91 Å². The van der Waals surface area contributed by atoms with Crippen LogP contribution < -0.4 is 5.32 Å². The summed E-state index contributed by atoms with van der Waals surface area (Å²) in [5.41, 5.74) is 0.581. The van der Waals surface area contributed by atoms with Crippen molar-refractivity contribution >= 4 is 5.91 Å². The van der Waals surface area contributed by atoms with E-state index in [0.717, 1.165) is 24.8 Å². The average molecular weight is 302 g/mol. The first-order chi connectivity index (χ1) is 10.8. The maximum Gasteiger partial charge on any atom is 0.256 e. The molecule has 1 N–H and O–H groups in total. The first-order valence-corrected chi connectivity index (χ1v) is 7.77. The van der Waals surface area contributed by atoms with Crippen LogP contribution in [0.2, 0.25) is 0 Å². The molecule has 118 valence electrons. The Morgan fingerprint density at radius 1 is 1.41 bits per heavy atom. The third kappa shape index (κ3) is 3.57. The zero-order valence-electron chi connectivity index (χ0n) is 12.9. The molecule has 0 saturated heterocycles. The van der Waals surface area contributed by atoms with Crippen molar-refractivity contribution in [2.24, 2.45) is 13.0 Å². The highest BCUT2D eigenvalue weighted by Gasteiger charge is 2.21. The number of nitrogens with one attached hydrogen (secondary N) is 1. The fourth-order valence-corrected chi connectivity index (χ4v) is 2.38. The van der Waals surface area contributed by atoms with Crippen molar-refractivity contribution in [1.29, 1.82) is 0 Å². The number of nitrogens with zero attached hydrogens (tertiary/aromatic N) is 3. The Morgan fingerprint density at radius 3 is 2.91 bits per heavy atom. The standard InChI is InChI=1S/C16H22N4O2/c1-19-16(20-8-2-3-9-20)14(11-18-19)15(21)17-7-4-10-22-12-13-5-6-13/h2-3,8-9,11,13H,4-7,10,12H2,1H3,(H,17,21). The van der Waals surface area contributed by atoms with E-state index >= 15 is 0 Å². The van der Waals surface area contributed by atoms with Gasteiger partial charge >= 0.3 is 0 Å². The summed E-state index contributed by atoms with van der Waals surface area (Å²) in [5.74, 6) is 1.46. The molecule has 0 atom stereocenters. The van der Waals surface area contributed by atoms with Gasteiger partial charge in [-0.15, -0.1) is 0 Å². The molecule has 1 aliphatic carbocycles. The quantitative estimate of drug-likeness (QED) is 0.756. The highest BCUT2D eigenvalue weighted by Crippen LogP contribution is 2.28. The van der Waals surface area contributed by atoms with E-state index < -0.39 is 0 Å². The Labute approximate surface area is 130 Å². The van der Waals surface area contributed by atoms with Gasteiger partial charge in [0.05, 0.1) is 6.20 Å². The van der Waals surface area contributed by atoms with E-state index in [-0.39, 0.29) is 5.91 Å². The minimum Gasteiger partial charge on any atom is -0.381 e. The van der Waals surface area contributed by atoms with Crippen molar-refractivity contribution < 1.29 is 9.53 Å². The van der Waals surface area contributed by atoms with E-state index in [9.17, 15) is 4.79 Å². The fourth-order valence-electron chi connectivity index (χ4n) is 2.38. The lowest BCUT2D eigenvalue weighted by Crippen LogP contribution is -2.26. The third-order valence-corrected chi connectivity index (χ3v) is 3.80. The molecule has 0 radical (unpaired) electrons. The molecule has 0 aromatic carbocycles. The fraction of sp³-hybridized carbons (Fsp3) is 0.500. The van der Waals surface area contributed by atoms with Crippen molar-refractivity contribution in [3.05, 3.63) is 36.3 Å². The molecular weight excluding hydrogens is 280 g/mol. The van der Waals surface area contributed by atoms with Crippen LogP contribution in [0.25, 0.3) is 5.82 Å². The summed E-state index contributed by atoms with van der Waals surface area (Å²) in [6, 6.07) is 3.85. The van der Waals surface area contributed by atoms with Crippen LogP contribution in [0.1, 0.15) is 29.6 Å². The van der Waals surface area contributed by atoms with Crippen LogP contribution in [0.5, 0.6) is 0 Å². The van der Waals surface area contributed by atoms with E-state index in [1.54, 1.807) is 10.9 Å². The van der Waals surface area contributed by atoms with Crippen LogP contribution in [0.4, 0.5) is 0 Å². The van der Waals surface area contributed by atoms with Crippen LogP contribution in [0.3, 0.4) is 0 Å². The normalized spacial score (nSPS) is 14.2. The molecule has 0 unspecified atom stereocenters. The van der Waals surface area contributed by atoms with Gasteiger partial charge in [-0.25, -0.2) is 0 Å². The lowest BCUT2D eigenvalue weighted by atomic mass is 10.3. The highest BCUT2D eigenvalue weighted by molar-refractivity contribution is 5.97. The average Bonchev–Trinajstić information content (AvgIpc) is 3.02. The number of aryl methyl sites for hydroxylation is 1. The number of carbonyl (C=O) groups excluding carboxylic acids is 1. The molecule has 0 spiro atoms. The first-order valence-electron chi connectivity index (χ1n) is 7.77. The number of amides is 1. The van der Waals surface area contributed by atoms with E-state index in [1.165, 1.54) is 12.8 Å². The maximum absolute atomic E-state index is 12.3. The second-order valence-electron chi connectivity index (χ2n) is 5.72. The molecule has 0 bridgehead atoms. The van der Waals surface area contributed by atoms with E-state index in [4.69, 9.17) is 4.74 Å². The summed E-state index contributed by atoms with van der Waals surface area (Å²) in [6.07, 6.45) is 8.85. The van der Waals surface area contributed by atoms with Gasteiger partial charge in [0.2, 0.25) is 0 Å². The van der Waals surface area contributed by atoms with Crippen LogP contribution in [-0.2, 0) is 11.8 Å². The predicted molar refractivity (Wildman–Crippen MR) is 83.0 cm³/mol. The Balaban J connectivity index is 1.49. The monoisotopic (exact) mass is 302 g/mol. The molecular formula is C16H22N4O2. The lowest BCUT2D eigenvalue weighted by Gasteiger charge is -2.08. The number of aromatic nitrogens is 3. The van der Waals surface area contributed by atoms with E-state index in [1.807, 2.05) is 36.1 Å². The SMILES string of the molecule is Cn1ncc(C(=O)NCCCOCC2CC2)c1-n1cccc1. The van der Waals surface area contributed by atoms with Crippen LogP contribution in [0.15, 0.2) is 30.7 Å². The minimum absolute atomic E-state index is 0.0982. The summed E-state index contributed by atoms with van der Waals surface area (Å²) in [5, 5.41) is 7.12. The molecule has 1 saturated carbocycles. The lowest BCUT2D eigenvalue weighted by molar-refractivity contribution is 0.0937.